The first-order valence-electron chi connectivity index (χ1n) is 8.53. The largest absolute Gasteiger partial charge is 0.416 e. The van der Waals surface area contributed by atoms with Gasteiger partial charge in [0.05, 0.1) is 21.9 Å². The average molecular weight is 394 g/mol. The molecular formula is C18H17F3N4O3. The van der Waals surface area contributed by atoms with E-state index in [1.54, 1.807) is 0 Å². The predicted molar refractivity (Wildman–Crippen MR) is 98.6 cm³/mol. The van der Waals surface area contributed by atoms with Crippen LogP contribution in [0.3, 0.4) is 0 Å². The molecule has 3 rings (SSSR count). The third kappa shape index (κ3) is 4.51. The minimum absolute atomic E-state index is 0.0167. The van der Waals surface area contributed by atoms with Crippen molar-refractivity contribution in [2.75, 3.05) is 28.6 Å². The molecule has 0 bridgehead atoms. The molecule has 1 aliphatic rings. The topological polar surface area (TPSA) is 87.5 Å². The Hall–Kier alpha value is -3.30. The molecule has 2 N–H and O–H groups in total. The SMILES string of the molecule is O=C(Nc1cccc(C(F)(F)F)c1)Nc1ccc([N+](=O)[O-])cc1N1CCCC1. The first kappa shape index (κ1) is 19.5. The second-order valence-electron chi connectivity index (χ2n) is 6.31. The Morgan fingerprint density at radius 2 is 1.79 bits per heavy atom. The number of carbonyl (C=O) groups is 1. The molecule has 7 nitrogen and oxygen atoms in total. The van der Waals surface area contributed by atoms with E-state index in [-0.39, 0.29) is 11.4 Å². The molecule has 0 atom stereocenters. The molecule has 0 radical (unpaired) electrons. The zero-order chi connectivity index (χ0) is 20.3. The summed E-state index contributed by atoms with van der Waals surface area (Å²) in [4.78, 5) is 24.7. The number of nitro groups is 1. The summed E-state index contributed by atoms with van der Waals surface area (Å²) < 4.78 is 38.4. The number of amides is 2. The van der Waals surface area contributed by atoms with Gasteiger partial charge in [0.1, 0.15) is 0 Å². The number of nitrogens with one attached hydrogen (secondary N) is 2. The lowest BCUT2D eigenvalue weighted by Crippen LogP contribution is -2.24. The van der Waals surface area contributed by atoms with E-state index in [4.69, 9.17) is 0 Å². The second-order valence-corrected chi connectivity index (χ2v) is 6.31. The molecule has 1 saturated heterocycles. The fourth-order valence-corrected chi connectivity index (χ4v) is 3.02. The quantitative estimate of drug-likeness (QED) is 0.573. The van der Waals surface area contributed by atoms with Crippen molar-refractivity contribution in [1.29, 1.82) is 0 Å². The summed E-state index contributed by atoms with van der Waals surface area (Å²) in [6.07, 6.45) is -2.66. The standard InChI is InChI=1S/C18H17F3N4O3/c19-18(20,21)12-4-3-5-13(10-12)22-17(26)23-15-7-6-14(25(27)28)11-16(15)24-8-1-2-9-24/h3-7,10-11H,1-2,8-9H2,(H2,22,23,26). The Balaban J connectivity index is 1.79. The Kier molecular flexibility index (Phi) is 5.39. The van der Waals surface area contributed by atoms with Crippen LogP contribution in [0.5, 0.6) is 0 Å². The van der Waals surface area contributed by atoms with E-state index in [1.165, 1.54) is 30.3 Å². The van der Waals surface area contributed by atoms with Crippen molar-refractivity contribution >= 4 is 28.8 Å². The summed E-state index contributed by atoms with van der Waals surface area (Å²) in [5.41, 5.74) is -0.149. The number of nitro benzene ring substituents is 1. The zero-order valence-corrected chi connectivity index (χ0v) is 14.6. The van der Waals surface area contributed by atoms with Crippen LogP contribution in [0.1, 0.15) is 18.4 Å². The van der Waals surface area contributed by atoms with Gasteiger partial charge in [0.2, 0.25) is 0 Å². The average Bonchev–Trinajstić information content (AvgIpc) is 3.15. The number of urea groups is 1. The lowest BCUT2D eigenvalue weighted by Gasteiger charge is -2.21. The summed E-state index contributed by atoms with van der Waals surface area (Å²) in [5.74, 6) is 0. The number of non-ortho nitro benzene ring substituents is 1. The highest BCUT2D eigenvalue weighted by molar-refractivity contribution is 6.02. The summed E-state index contributed by atoms with van der Waals surface area (Å²) in [5, 5.41) is 16.0. The molecule has 10 heteroatoms. The van der Waals surface area contributed by atoms with Gasteiger partial charge in [-0.1, -0.05) is 6.07 Å². The fourth-order valence-electron chi connectivity index (χ4n) is 3.02. The molecule has 1 aliphatic heterocycles. The fraction of sp³-hybridized carbons (Fsp3) is 0.278. The normalized spacial score (nSPS) is 14.0. The summed E-state index contributed by atoms with van der Waals surface area (Å²) in [7, 11) is 0. The van der Waals surface area contributed by atoms with E-state index in [0.29, 0.717) is 24.5 Å². The number of rotatable bonds is 4. The molecule has 2 aromatic carbocycles. The Labute approximate surface area is 158 Å². The van der Waals surface area contributed by atoms with Crippen LogP contribution in [-0.2, 0) is 6.18 Å². The minimum Gasteiger partial charge on any atom is -0.370 e. The maximum Gasteiger partial charge on any atom is 0.416 e. The van der Waals surface area contributed by atoms with Gasteiger partial charge in [0.25, 0.3) is 5.69 Å². The molecule has 1 fully saturated rings. The number of hydrogen-bond donors (Lipinski definition) is 2. The van der Waals surface area contributed by atoms with Crippen LogP contribution in [-0.4, -0.2) is 24.0 Å². The summed E-state index contributed by atoms with van der Waals surface area (Å²) in [6, 6.07) is 7.59. The lowest BCUT2D eigenvalue weighted by molar-refractivity contribution is -0.384. The van der Waals surface area contributed by atoms with Gasteiger partial charge >= 0.3 is 12.2 Å². The number of nitrogens with zero attached hydrogens (tertiary/aromatic N) is 2. The Morgan fingerprint density at radius 1 is 1.07 bits per heavy atom. The van der Waals surface area contributed by atoms with Crippen LogP contribution in [0.15, 0.2) is 42.5 Å². The molecule has 0 aliphatic carbocycles. The van der Waals surface area contributed by atoms with Gasteiger partial charge in [-0.3, -0.25) is 10.1 Å². The van der Waals surface area contributed by atoms with Crippen molar-refractivity contribution in [1.82, 2.24) is 0 Å². The highest BCUT2D eigenvalue weighted by Gasteiger charge is 2.30. The molecule has 28 heavy (non-hydrogen) atoms. The van der Waals surface area contributed by atoms with Crippen molar-refractivity contribution in [3.63, 3.8) is 0 Å². The van der Waals surface area contributed by atoms with Crippen LogP contribution in [0, 0.1) is 10.1 Å². The van der Waals surface area contributed by atoms with E-state index < -0.39 is 22.7 Å². The number of alkyl halides is 3. The van der Waals surface area contributed by atoms with E-state index in [1.807, 2.05) is 4.90 Å². The van der Waals surface area contributed by atoms with Crippen LogP contribution >= 0.6 is 0 Å². The van der Waals surface area contributed by atoms with Gasteiger partial charge in [0, 0.05) is 30.9 Å². The van der Waals surface area contributed by atoms with Gasteiger partial charge < -0.3 is 15.5 Å². The number of anilines is 3. The van der Waals surface area contributed by atoms with E-state index in [2.05, 4.69) is 10.6 Å². The number of hydrogen-bond acceptors (Lipinski definition) is 4. The first-order chi connectivity index (χ1) is 13.2. The lowest BCUT2D eigenvalue weighted by atomic mass is 10.2. The predicted octanol–water partition coefficient (Wildman–Crippen LogP) is 4.86. The molecule has 148 valence electrons. The van der Waals surface area contributed by atoms with E-state index in [9.17, 15) is 28.1 Å². The van der Waals surface area contributed by atoms with Crippen LogP contribution in [0.2, 0.25) is 0 Å². The third-order valence-electron chi connectivity index (χ3n) is 4.33. The van der Waals surface area contributed by atoms with E-state index in [0.717, 1.165) is 25.0 Å². The van der Waals surface area contributed by atoms with Crippen molar-refractivity contribution in [2.24, 2.45) is 0 Å². The van der Waals surface area contributed by atoms with Crippen molar-refractivity contribution in [3.8, 4) is 0 Å². The molecule has 2 aromatic rings. The highest BCUT2D eigenvalue weighted by Crippen LogP contribution is 2.33. The summed E-state index contributed by atoms with van der Waals surface area (Å²) >= 11 is 0. The van der Waals surface area contributed by atoms with Gasteiger partial charge in [-0.15, -0.1) is 0 Å². The molecule has 0 aromatic heterocycles. The number of halogens is 3. The maximum atomic E-state index is 12.8. The molecule has 0 saturated carbocycles. The monoisotopic (exact) mass is 394 g/mol. The van der Waals surface area contributed by atoms with Gasteiger partial charge in [-0.2, -0.15) is 13.2 Å². The first-order valence-corrected chi connectivity index (χ1v) is 8.53. The molecule has 2 amide bonds. The molecule has 1 heterocycles. The van der Waals surface area contributed by atoms with Gasteiger partial charge in [-0.05, 0) is 37.1 Å². The third-order valence-corrected chi connectivity index (χ3v) is 4.33. The Bertz CT molecular complexity index is 896. The van der Waals surface area contributed by atoms with E-state index >= 15 is 0 Å². The van der Waals surface area contributed by atoms with Crippen LogP contribution < -0.4 is 15.5 Å². The van der Waals surface area contributed by atoms with Gasteiger partial charge in [0.15, 0.2) is 0 Å². The van der Waals surface area contributed by atoms with Crippen molar-refractivity contribution in [3.05, 3.63) is 58.1 Å². The second kappa shape index (κ2) is 7.75. The molecule has 0 unspecified atom stereocenters. The van der Waals surface area contributed by atoms with Crippen LogP contribution in [0.4, 0.5) is 40.7 Å². The van der Waals surface area contributed by atoms with Crippen molar-refractivity contribution < 1.29 is 22.9 Å². The smallest absolute Gasteiger partial charge is 0.370 e. The minimum atomic E-state index is -4.52. The molecule has 0 spiro atoms. The van der Waals surface area contributed by atoms with Crippen molar-refractivity contribution in [2.45, 2.75) is 19.0 Å². The maximum absolute atomic E-state index is 12.8. The summed E-state index contributed by atoms with van der Waals surface area (Å²) in [6.45, 7) is 1.40. The molecular weight excluding hydrogens is 377 g/mol. The highest BCUT2D eigenvalue weighted by atomic mass is 19.4. The zero-order valence-electron chi connectivity index (χ0n) is 14.6. The Morgan fingerprint density at radius 3 is 2.43 bits per heavy atom. The van der Waals surface area contributed by atoms with Crippen LogP contribution in [0.25, 0.3) is 0 Å². The van der Waals surface area contributed by atoms with Gasteiger partial charge in [-0.25, -0.2) is 4.79 Å². The number of carbonyl (C=O) groups excluding carboxylic acids is 1. The number of benzene rings is 2.